The molecule has 0 bridgehead atoms. The van der Waals surface area contributed by atoms with Crippen LogP contribution >= 0.6 is 0 Å². The first-order chi connectivity index (χ1) is 12.7. The Morgan fingerprint density at radius 3 is 2.48 bits per heavy atom. The summed E-state index contributed by atoms with van der Waals surface area (Å²) in [5.74, 6) is -2.18. The minimum Gasteiger partial charge on any atom is -0.381 e. The summed E-state index contributed by atoms with van der Waals surface area (Å²) in [6.45, 7) is 1.48. The fraction of sp³-hybridized carbons (Fsp3) is 0.611. The molecule has 1 unspecified atom stereocenters. The molecule has 3 rings (SSSR count). The van der Waals surface area contributed by atoms with Gasteiger partial charge in [-0.25, -0.2) is 4.39 Å². The summed E-state index contributed by atoms with van der Waals surface area (Å²) in [6.07, 6.45) is -3.92. The summed E-state index contributed by atoms with van der Waals surface area (Å²) >= 11 is 0. The van der Waals surface area contributed by atoms with Crippen molar-refractivity contribution in [3.63, 3.8) is 0 Å². The van der Waals surface area contributed by atoms with Crippen LogP contribution in [0.3, 0.4) is 0 Å². The van der Waals surface area contributed by atoms with Crippen molar-refractivity contribution in [1.82, 2.24) is 4.90 Å². The lowest BCUT2D eigenvalue weighted by Crippen LogP contribution is -2.62. The molecule has 2 aliphatic rings. The minimum atomic E-state index is -5.09. The summed E-state index contributed by atoms with van der Waals surface area (Å²) in [5.41, 5.74) is 1.25. The molecule has 1 atom stereocenters. The number of carbonyl (C=O) groups is 1. The Morgan fingerprint density at radius 1 is 1.15 bits per heavy atom. The fourth-order valence-corrected chi connectivity index (χ4v) is 3.66. The van der Waals surface area contributed by atoms with Gasteiger partial charge in [0.15, 0.2) is 0 Å². The van der Waals surface area contributed by atoms with Crippen molar-refractivity contribution < 1.29 is 31.8 Å². The summed E-state index contributed by atoms with van der Waals surface area (Å²) in [5, 5.41) is 0. The van der Waals surface area contributed by atoms with Gasteiger partial charge in [0.25, 0.3) is 5.91 Å². The largest absolute Gasteiger partial charge is 0.419 e. The van der Waals surface area contributed by atoms with Crippen molar-refractivity contribution >= 4 is 5.91 Å². The second-order valence-corrected chi connectivity index (χ2v) is 7.21. The fourth-order valence-electron chi connectivity index (χ4n) is 3.66. The van der Waals surface area contributed by atoms with Crippen molar-refractivity contribution in [3.8, 4) is 0 Å². The maximum Gasteiger partial charge on any atom is 0.419 e. The highest BCUT2D eigenvalue weighted by Crippen LogP contribution is 2.40. The average Bonchev–Trinajstić information content (AvgIpc) is 2.82. The number of halogens is 4. The van der Waals surface area contributed by atoms with Crippen LogP contribution in [0, 0.1) is 11.2 Å². The predicted molar refractivity (Wildman–Crippen MR) is 88.2 cm³/mol. The second-order valence-electron chi connectivity index (χ2n) is 7.21. The first-order valence-corrected chi connectivity index (χ1v) is 8.75. The molecule has 0 radical (unpaired) electrons. The summed E-state index contributed by atoms with van der Waals surface area (Å²) < 4.78 is 66.2. The zero-order chi connectivity index (χ0) is 19.7. The van der Waals surface area contributed by atoms with Gasteiger partial charge in [-0.05, 0) is 30.5 Å². The Bertz CT molecular complexity index is 691. The molecule has 2 saturated heterocycles. The second kappa shape index (κ2) is 7.37. The van der Waals surface area contributed by atoms with Crippen LogP contribution in [0.1, 0.15) is 18.4 Å². The van der Waals surface area contributed by atoms with Crippen molar-refractivity contribution in [2.75, 3.05) is 39.5 Å². The van der Waals surface area contributed by atoms with Gasteiger partial charge in [0.1, 0.15) is 5.82 Å². The lowest BCUT2D eigenvalue weighted by atomic mass is 9.80. The van der Waals surface area contributed by atoms with Gasteiger partial charge < -0.3 is 20.1 Å². The number of nitrogens with zero attached hydrogens (tertiary/aromatic N) is 1. The Balaban J connectivity index is 1.96. The topological polar surface area (TPSA) is 64.8 Å². The molecule has 0 saturated carbocycles. The smallest absolute Gasteiger partial charge is 0.381 e. The monoisotopic (exact) mass is 390 g/mol. The molecule has 1 amide bonds. The predicted octanol–water partition coefficient (Wildman–Crippen LogP) is 2.20. The number of rotatable bonds is 2. The van der Waals surface area contributed by atoms with E-state index in [9.17, 15) is 22.4 Å². The molecular formula is C18H22F4N2O3. The van der Waals surface area contributed by atoms with E-state index in [1.54, 1.807) is 0 Å². The van der Waals surface area contributed by atoms with E-state index in [0.717, 1.165) is 23.1 Å². The number of carbonyl (C=O) groups excluding carboxylic acids is 1. The molecule has 9 heteroatoms. The maximum absolute atomic E-state index is 13.9. The van der Waals surface area contributed by atoms with Gasteiger partial charge in [-0.15, -0.1) is 0 Å². The number of benzene rings is 1. The van der Waals surface area contributed by atoms with Crippen LogP contribution in [0.4, 0.5) is 17.6 Å². The third kappa shape index (κ3) is 3.81. The number of hydrogen-bond acceptors (Lipinski definition) is 4. The standard InChI is InChI=1S/C18H22F4N2O3/c19-14-3-1-2-13(10-14)17(23,18(20,21)22)15(25)24-6-9-27-12-16(11-24)4-7-26-8-5-16/h1-3,10H,4-9,11-12,23H2. The van der Waals surface area contributed by atoms with Crippen molar-refractivity contribution in [3.05, 3.63) is 35.6 Å². The van der Waals surface area contributed by atoms with E-state index in [1.807, 2.05) is 0 Å². The molecule has 1 aromatic rings. The van der Waals surface area contributed by atoms with E-state index >= 15 is 0 Å². The quantitative estimate of drug-likeness (QED) is 0.787. The van der Waals surface area contributed by atoms with E-state index in [0.29, 0.717) is 38.7 Å². The van der Waals surface area contributed by atoms with Crippen LogP contribution in [0.25, 0.3) is 0 Å². The highest BCUT2D eigenvalue weighted by molar-refractivity contribution is 5.88. The Kier molecular flexibility index (Phi) is 5.47. The number of hydrogen-bond donors (Lipinski definition) is 1. The summed E-state index contributed by atoms with van der Waals surface area (Å²) in [6, 6.07) is 3.79. The molecule has 1 spiro atoms. The van der Waals surface area contributed by atoms with Gasteiger partial charge >= 0.3 is 6.18 Å². The lowest BCUT2D eigenvalue weighted by molar-refractivity contribution is -0.201. The molecule has 2 aliphatic heterocycles. The van der Waals surface area contributed by atoms with E-state index < -0.39 is 34.4 Å². The lowest BCUT2D eigenvalue weighted by Gasteiger charge is -2.41. The third-order valence-corrected chi connectivity index (χ3v) is 5.35. The Hall–Kier alpha value is -1.71. The molecule has 27 heavy (non-hydrogen) atoms. The highest BCUT2D eigenvalue weighted by atomic mass is 19.4. The van der Waals surface area contributed by atoms with E-state index in [-0.39, 0.29) is 19.7 Å². The summed E-state index contributed by atoms with van der Waals surface area (Å²) in [7, 11) is 0. The SMILES string of the molecule is NC(C(=O)N1CCOCC2(CCOCC2)C1)(c1cccc(F)c1)C(F)(F)F. The van der Waals surface area contributed by atoms with E-state index in [2.05, 4.69) is 0 Å². The van der Waals surface area contributed by atoms with Crippen LogP contribution in [-0.4, -0.2) is 56.5 Å². The third-order valence-electron chi connectivity index (χ3n) is 5.35. The minimum absolute atomic E-state index is 0.00815. The maximum atomic E-state index is 13.9. The van der Waals surface area contributed by atoms with Crippen molar-refractivity contribution in [2.24, 2.45) is 11.1 Å². The summed E-state index contributed by atoms with van der Waals surface area (Å²) in [4.78, 5) is 14.1. The molecule has 0 aromatic heterocycles. The molecule has 5 nitrogen and oxygen atoms in total. The van der Waals surface area contributed by atoms with Gasteiger partial charge in [0, 0.05) is 31.7 Å². The molecule has 2 heterocycles. The van der Waals surface area contributed by atoms with Gasteiger partial charge in [-0.2, -0.15) is 13.2 Å². The van der Waals surface area contributed by atoms with Crippen LogP contribution in [0.2, 0.25) is 0 Å². The molecule has 150 valence electrons. The van der Waals surface area contributed by atoms with Crippen LogP contribution in [0.15, 0.2) is 24.3 Å². The molecule has 1 aromatic carbocycles. The number of nitrogens with two attached hydrogens (primary N) is 1. The zero-order valence-corrected chi connectivity index (χ0v) is 14.7. The first-order valence-electron chi connectivity index (χ1n) is 8.75. The number of ether oxygens (including phenoxy) is 2. The van der Waals surface area contributed by atoms with Gasteiger partial charge in [0.05, 0.1) is 13.2 Å². The zero-order valence-electron chi connectivity index (χ0n) is 14.7. The van der Waals surface area contributed by atoms with Gasteiger partial charge in [-0.3, -0.25) is 4.79 Å². The van der Waals surface area contributed by atoms with E-state index in [4.69, 9.17) is 15.2 Å². The molecule has 2 fully saturated rings. The van der Waals surface area contributed by atoms with Gasteiger partial charge in [-0.1, -0.05) is 12.1 Å². The van der Waals surface area contributed by atoms with Crippen molar-refractivity contribution in [1.29, 1.82) is 0 Å². The Morgan fingerprint density at radius 2 is 1.85 bits per heavy atom. The average molecular weight is 390 g/mol. The van der Waals surface area contributed by atoms with Crippen LogP contribution in [-0.2, 0) is 19.8 Å². The van der Waals surface area contributed by atoms with Crippen molar-refractivity contribution in [2.45, 2.75) is 24.6 Å². The molecular weight excluding hydrogens is 368 g/mol. The normalized spacial score (nSPS) is 22.9. The number of amides is 1. The highest BCUT2D eigenvalue weighted by Gasteiger charge is 2.60. The van der Waals surface area contributed by atoms with E-state index in [1.165, 1.54) is 0 Å². The molecule has 0 aliphatic carbocycles. The molecule has 2 N–H and O–H groups in total. The number of alkyl halides is 3. The van der Waals surface area contributed by atoms with Crippen LogP contribution < -0.4 is 5.73 Å². The van der Waals surface area contributed by atoms with Gasteiger partial charge in [0.2, 0.25) is 5.54 Å². The Labute approximate surface area is 154 Å². The first kappa shape index (κ1) is 20.0. The van der Waals surface area contributed by atoms with Crippen LogP contribution in [0.5, 0.6) is 0 Å².